The second-order valence-electron chi connectivity index (χ2n) is 10.7. The third-order valence-corrected chi connectivity index (χ3v) is 7.04. The van der Waals surface area contributed by atoms with E-state index in [-0.39, 0.29) is 25.9 Å². The van der Waals surface area contributed by atoms with E-state index in [4.69, 9.17) is 18.5 Å². The SMILES string of the molecule is CCCCCCCCCCCCCCC(CCOC[C@@H](O)COP(=O)(O)OCC[N+](C)(C)C)OC. The van der Waals surface area contributed by atoms with Crippen LogP contribution in [0.5, 0.6) is 0 Å². The molecule has 35 heavy (non-hydrogen) atoms. The molecule has 0 aliphatic rings. The van der Waals surface area contributed by atoms with Crippen LogP contribution in [-0.2, 0) is 23.1 Å². The Kier molecular flexibility index (Phi) is 21.9. The van der Waals surface area contributed by atoms with Gasteiger partial charge in [0.2, 0.25) is 0 Å². The van der Waals surface area contributed by atoms with Crippen molar-refractivity contribution >= 4 is 7.82 Å². The highest BCUT2D eigenvalue weighted by atomic mass is 31.2. The summed E-state index contributed by atoms with van der Waals surface area (Å²) >= 11 is 0. The normalized spacial score (nSPS) is 15.7. The van der Waals surface area contributed by atoms with Crippen molar-refractivity contribution in [3.05, 3.63) is 0 Å². The van der Waals surface area contributed by atoms with Gasteiger partial charge in [-0.1, -0.05) is 84.0 Å². The van der Waals surface area contributed by atoms with Gasteiger partial charge in [-0.05, 0) is 12.8 Å². The molecule has 0 aromatic rings. The van der Waals surface area contributed by atoms with Crippen molar-refractivity contribution in [2.75, 3.05) is 61.2 Å². The number of phosphoric ester groups is 1. The Morgan fingerprint density at radius 1 is 0.771 bits per heavy atom. The largest absolute Gasteiger partial charge is 0.472 e. The Balaban J connectivity index is 3.67. The van der Waals surface area contributed by atoms with E-state index in [2.05, 4.69) is 6.92 Å². The highest BCUT2D eigenvalue weighted by Gasteiger charge is 2.24. The molecule has 0 aliphatic carbocycles. The van der Waals surface area contributed by atoms with E-state index in [1.54, 1.807) is 7.11 Å². The molecule has 0 saturated carbocycles. The lowest BCUT2D eigenvalue weighted by Gasteiger charge is -2.24. The summed E-state index contributed by atoms with van der Waals surface area (Å²) in [6.45, 7) is 3.11. The molecule has 0 heterocycles. The van der Waals surface area contributed by atoms with Gasteiger partial charge in [0.15, 0.2) is 0 Å². The first kappa shape index (κ1) is 35.0. The van der Waals surface area contributed by atoms with Gasteiger partial charge in [-0.3, -0.25) is 9.05 Å². The van der Waals surface area contributed by atoms with Gasteiger partial charge in [-0.15, -0.1) is 0 Å². The number of ether oxygens (including phenoxy) is 2. The summed E-state index contributed by atoms with van der Waals surface area (Å²) in [4.78, 5) is 9.68. The van der Waals surface area contributed by atoms with Crippen LogP contribution >= 0.6 is 7.82 Å². The van der Waals surface area contributed by atoms with Crippen molar-refractivity contribution in [2.24, 2.45) is 0 Å². The van der Waals surface area contributed by atoms with Crippen LogP contribution in [0.15, 0.2) is 0 Å². The molecular weight excluding hydrogens is 469 g/mol. The molecule has 2 unspecified atom stereocenters. The second-order valence-corrected chi connectivity index (χ2v) is 12.1. The lowest BCUT2D eigenvalue weighted by atomic mass is 10.0. The fourth-order valence-electron chi connectivity index (χ4n) is 3.72. The molecule has 0 bridgehead atoms. The van der Waals surface area contributed by atoms with Gasteiger partial charge in [-0.25, -0.2) is 4.57 Å². The number of rotatable bonds is 26. The average molecular weight is 527 g/mol. The third-order valence-electron chi connectivity index (χ3n) is 6.05. The van der Waals surface area contributed by atoms with Gasteiger partial charge < -0.3 is 24.0 Å². The molecule has 0 rings (SSSR count). The van der Waals surface area contributed by atoms with Gasteiger partial charge in [-0.2, -0.15) is 0 Å². The summed E-state index contributed by atoms with van der Waals surface area (Å²) in [6.07, 6.45) is 17.0. The number of quaternary nitrogens is 1. The van der Waals surface area contributed by atoms with E-state index < -0.39 is 13.9 Å². The third kappa shape index (κ3) is 25.4. The molecule has 0 aromatic carbocycles. The van der Waals surface area contributed by atoms with Gasteiger partial charge in [0.25, 0.3) is 0 Å². The van der Waals surface area contributed by atoms with Gasteiger partial charge >= 0.3 is 7.82 Å². The summed E-state index contributed by atoms with van der Waals surface area (Å²) in [5.41, 5.74) is 0. The van der Waals surface area contributed by atoms with Crippen molar-refractivity contribution < 1.29 is 37.6 Å². The second kappa shape index (κ2) is 22.0. The van der Waals surface area contributed by atoms with E-state index in [1.165, 1.54) is 70.6 Å². The number of unbranched alkanes of at least 4 members (excludes halogenated alkanes) is 11. The van der Waals surface area contributed by atoms with E-state index in [0.29, 0.717) is 17.6 Å². The van der Waals surface area contributed by atoms with Crippen LogP contribution in [0.2, 0.25) is 0 Å². The Morgan fingerprint density at radius 3 is 1.83 bits per heavy atom. The maximum atomic E-state index is 11.9. The maximum Gasteiger partial charge on any atom is 0.472 e. The molecule has 8 nitrogen and oxygen atoms in total. The number of methoxy groups -OCH3 is 1. The number of hydrogen-bond acceptors (Lipinski definition) is 6. The topological polar surface area (TPSA) is 94.5 Å². The zero-order valence-electron chi connectivity index (χ0n) is 23.4. The molecule has 0 saturated heterocycles. The molecule has 0 spiro atoms. The molecule has 0 aromatic heterocycles. The van der Waals surface area contributed by atoms with Crippen LogP contribution in [0.4, 0.5) is 0 Å². The zero-order valence-corrected chi connectivity index (χ0v) is 24.3. The molecule has 0 radical (unpaired) electrons. The van der Waals surface area contributed by atoms with Crippen molar-refractivity contribution in [3.63, 3.8) is 0 Å². The molecule has 2 N–H and O–H groups in total. The van der Waals surface area contributed by atoms with Gasteiger partial charge in [0.1, 0.15) is 19.3 Å². The van der Waals surface area contributed by atoms with E-state index in [1.807, 2.05) is 21.1 Å². The van der Waals surface area contributed by atoms with Gasteiger partial charge in [0, 0.05) is 13.7 Å². The van der Waals surface area contributed by atoms with Crippen molar-refractivity contribution in [1.29, 1.82) is 0 Å². The minimum Gasteiger partial charge on any atom is -0.388 e. The number of hydrogen-bond donors (Lipinski definition) is 2. The monoisotopic (exact) mass is 526 g/mol. The smallest absolute Gasteiger partial charge is 0.388 e. The van der Waals surface area contributed by atoms with E-state index in [9.17, 15) is 14.6 Å². The summed E-state index contributed by atoms with van der Waals surface area (Å²) in [5.74, 6) is 0. The standard InChI is InChI=1S/C26H56NO7P/c1-6-7-8-9-10-11-12-13-14-15-16-17-18-26(31-5)19-21-32-23-25(28)24-34-35(29,30)33-22-20-27(2,3)4/h25-26,28H,6-24H2,1-5H3/p+1/t25-,26?/m1/s1. The Morgan fingerprint density at radius 2 is 1.31 bits per heavy atom. The molecule has 212 valence electrons. The highest BCUT2D eigenvalue weighted by molar-refractivity contribution is 7.47. The Labute approximate surface area is 215 Å². The fourth-order valence-corrected chi connectivity index (χ4v) is 4.47. The number of phosphoric acid groups is 1. The lowest BCUT2D eigenvalue weighted by Crippen LogP contribution is -2.37. The van der Waals surface area contributed by atoms with Crippen molar-refractivity contribution in [2.45, 2.75) is 109 Å². The lowest BCUT2D eigenvalue weighted by molar-refractivity contribution is -0.870. The van der Waals surface area contributed by atoms with Crippen LogP contribution in [0.3, 0.4) is 0 Å². The Bertz CT molecular complexity index is 516. The molecule has 0 amide bonds. The predicted octanol–water partition coefficient (Wildman–Crippen LogP) is 5.70. The van der Waals surface area contributed by atoms with Crippen molar-refractivity contribution in [3.8, 4) is 0 Å². The molecular formula is C26H57NO7P+. The molecule has 0 aliphatic heterocycles. The van der Waals surface area contributed by atoms with E-state index in [0.717, 1.165) is 19.3 Å². The number of aliphatic hydroxyl groups is 1. The average Bonchev–Trinajstić information content (AvgIpc) is 2.78. The fraction of sp³-hybridized carbons (Fsp3) is 1.00. The highest BCUT2D eigenvalue weighted by Crippen LogP contribution is 2.43. The van der Waals surface area contributed by atoms with Crippen LogP contribution in [0.1, 0.15) is 96.8 Å². The first-order chi connectivity index (χ1) is 16.6. The summed E-state index contributed by atoms with van der Waals surface area (Å²) in [5, 5.41) is 9.94. The molecule has 0 fully saturated rings. The van der Waals surface area contributed by atoms with Crippen molar-refractivity contribution in [1.82, 2.24) is 0 Å². The van der Waals surface area contributed by atoms with E-state index >= 15 is 0 Å². The summed E-state index contributed by atoms with van der Waals surface area (Å²) < 4.78 is 33.3. The minimum atomic E-state index is -4.17. The van der Waals surface area contributed by atoms with Crippen LogP contribution < -0.4 is 0 Å². The number of nitrogens with zero attached hydrogens (tertiary/aromatic N) is 1. The summed E-state index contributed by atoms with van der Waals surface area (Å²) in [6, 6.07) is 0. The summed E-state index contributed by atoms with van der Waals surface area (Å²) in [7, 11) is 3.43. The van der Waals surface area contributed by atoms with Crippen LogP contribution in [-0.4, -0.2) is 87.9 Å². The molecule has 3 atom stereocenters. The quantitative estimate of drug-likeness (QED) is 0.0848. The van der Waals surface area contributed by atoms with Crippen LogP contribution in [0, 0.1) is 0 Å². The Hall–Kier alpha value is -0.0500. The predicted molar refractivity (Wildman–Crippen MR) is 143 cm³/mol. The van der Waals surface area contributed by atoms with Gasteiger partial charge in [0.05, 0.1) is 40.5 Å². The maximum absolute atomic E-state index is 11.9. The minimum absolute atomic E-state index is 0.0356. The first-order valence-corrected chi connectivity index (χ1v) is 15.3. The number of likely N-dealkylation sites (N-methyl/N-ethyl adjacent to an activating group) is 1. The molecule has 9 heteroatoms. The first-order valence-electron chi connectivity index (χ1n) is 13.8. The van der Waals surface area contributed by atoms with Crippen LogP contribution in [0.25, 0.3) is 0 Å². The zero-order chi connectivity index (χ0) is 26.4. The number of aliphatic hydroxyl groups excluding tert-OH is 1.